The van der Waals surface area contributed by atoms with Crippen LogP contribution in [0.4, 0.5) is 13.2 Å². The van der Waals surface area contributed by atoms with Gasteiger partial charge in [-0.2, -0.15) is 13.2 Å². The molecule has 1 fully saturated rings. The number of alkyl halides is 3. The van der Waals surface area contributed by atoms with Gasteiger partial charge in [0.1, 0.15) is 0 Å². The smallest absolute Gasteiger partial charge is 0.381 e. The van der Waals surface area contributed by atoms with Gasteiger partial charge >= 0.3 is 6.18 Å². The summed E-state index contributed by atoms with van der Waals surface area (Å²) < 4.78 is 42.9. The summed E-state index contributed by atoms with van der Waals surface area (Å²) in [4.78, 5) is 0. The zero-order valence-corrected chi connectivity index (χ0v) is 10.7. The number of ether oxygens (including phenoxy) is 1. The van der Waals surface area contributed by atoms with Crippen LogP contribution in [0, 0.1) is 17.8 Å². The van der Waals surface area contributed by atoms with E-state index < -0.39 is 12.1 Å². The van der Waals surface area contributed by atoms with Crippen LogP contribution in [0.25, 0.3) is 0 Å². The van der Waals surface area contributed by atoms with Crippen molar-refractivity contribution >= 4 is 0 Å². The van der Waals surface area contributed by atoms with Crippen molar-refractivity contribution in [1.29, 1.82) is 0 Å². The van der Waals surface area contributed by atoms with Crippen molar-refractivity contribution in [2.45, 2.75) is 52.1 Å². The Morgan fingerprint density at radius 1 is 1.18 bits per heavy atom. The van der Waals surface area contributed by atoms with Crippen molar-refractivity contribution < 1.29 is 17.9 Å². The molecular weight excluding hydrogens is 229 g/mol. The fourth-order valence-corrected chi connectivity index (χ4v) is 2.21. The van der Waals surface area contributed by atoms with Gasteiger partial charge in [-0.15, -0.1) is 0 Å². The maximum Gasteiger partial charge on any atom is 0.391 e. The summed E-state index contributed by atoms with van der Waals surface area (Å²) in [6, 6.07) is 0. The first-order chi connectivity index (χ1) is 7.93. The van der Waals surface area contributed by atoms with Crippen molar-refractivity contribution in [1.82, 2.24) is 0 Å². The van der Waals surface area contributed by atoms with Gasteiger partial charge < -0.3 is 4.74 Å². The first-order valence-corrected chi connectivity index (χ1v) is 6.58. The lowest BCUT2D eigenvalue weighted by atomic mass is 9.82. The highest BCUT2D eigenvalue weighted by Crippen LogP contribution is 2.39. The van der Waals surface area contributed by atoms with E-state index in [0.29, 0.717) is 31.3 Å². The van der Waals surface area contributed by atoms with E-state index in [2.05, 4.69) is 13.8 Å². The normalized spacial score (nSPS) is 28.1. The first kappa shape index (κ1) is 14.8. The molecule has 0 amide bonds. The molecule has 0 heterocycles. The average Bonchev–Trinajstić information content (AvgIpc) is 2.28. The lowest BCUT2D eigenvalue weighted by molar-refractivity contribution is -0.184. The second-order valence-electron chi connectivity index (χ2n) is 5.31. The fraction of sp³-hybridized carbons (Fsp3) is 1.00. The number of halogens is 3. The lowest BCUT2D eigenvalue weighted by Crippen LogP contribution is -2.29. The Labute approximate surface area is 102 Å². The van der Waals surface area contributed by atoms with Crippen LogP contribution in [-0.4, -0.2) is 19.4 Å². The molecule has 0 spiro atoms. The fourth-order valence-electron chi connectivity index (χ4n) is 2.21. The Balaban J connectivity index is 2.15. The zero-order valence-electron chi connectivity index (χ0n) is 10.7. The first-order valence-electron chi connectivity index (χ1n) is 6.58. The van der Waals surface area contributed by atoms with E-state index in [9.17, 15) is 13.2 Å². The van der Waals surface area contributed by atoms with Crippen molar-refractivity contribution in [3.63, 3.8) is 0 Å². The van der Waals surface area contributed by atoms with Gasteiger partial charge in [-0.25, -0.2) is 0 Å². The molecule has 0 aromatic carbocycles. The van der Waals surface area contributed by atoms with Crippen LogP contribution in [0.2, 0.25) is 0 Å². The molecule has 1 unspecified atom stereocenters. The van der Waals surface area contributed by atoms with Gasteiger partial charge in [-0.05, 0) is 37.5 Å². The van der Waals surface area contributed by atoms with Gasteiger partial charge in [0.15, 0.2) is 0 Å². The Morgan fingerprint density at radius 3 is 2.24 bits per heavy atom. The molecular formula is C13H23F3O. The van der Waals surface area contributed by atoms with E-state index in [-0.39, 0.29) is 12.8 Å². The summed E-state index contributed by atoms with van der Waals surface area (Å²) in [5, 5.41) is 0. The molecule has 1 aliphatic rings. The SMILES string of the molecule is CCC(C)COCC1CCC(C(F)(F)F)CC1. The molecule has 1 saturated carbocycles. The molecule has 0 radical (unpaired) electrons. The summed E-state index contributed by atoms with van der Waals surface area (Å²) in [5.41, 5.74) is 0. The number of hydrogen-bond acceptors (Lipinski definition) is 1. The van der Waals surface area contributed by atoms with Crippen LogP contribution in [0.15, 0.2) is 0 Å². The molecule has 0 aromatic heterocycles. The molecule has 102 valence electrons. The number of hydrogen-bond donors (Lipinski definition) is 0. The van der Waals surface area contributed by atoms with Crippen LogP contribution in [0.1, 0.15) is 46.0 Å². The highest BCUT2D eigenvalue weighted by molar-refractivity contribution is 4.76. The van der Waals surface area contributed by atoms with Gasteiger partial charge in [-0.3, -0.25) is 0 Å². The zero-order chi connectivity index (χ0) is 12.9. The van der Waals surface area contributed by atoms with Gasteiger partial charge in [0.25, 0.3) is 0 Å². The largest absolute Gasteiger partial charge is 0.391 e. The quantitative estimate of drug-likeness (QED) is 0.704. The minimum atomic E-state index is -4.00. The van der Waals surface area contributed by atoms with Gasteiger partial charge in [0.2, 0.25) is 0 Å². The predicted octanol–water partition coefficient (Wildman–Crippen LogP) is 4.42. The summed E-state index contributed by atoms with van der Waals surface area (Å²) >= 11 is 0. The molecule has 0 N–H and O–H groups in total. The molecule has 0 saturated heterocycles. The third-order valence-corrected chi connectivity index (χ3v) is 3.76. The summed E-state index contributed by atoms with van der Waals surface area (Å²) in [7, 11) is 0. The standard InChI is InChI=1S/C13H23F3O/c1-3-10(2)8-17-9-11-4-6-12(7-5-11)13(14,15)16/h10-12H,3-9H2,1-2H3. The van der Waals surface area contributed by atoms with Crippen molar-refractivity contribution in [3.05, 3.63) is 0 Å². The van der Waals surface area contributed by atoms with Gasteiger partial charge in [0.05, 0.1) is 5.92 Å². The van der Waals surface area contributed by atoms with E-state index in [1.54, 1.807) is 0 Å². The molecule has 17 heavy (non-hydrogen) atoms. The summed E-state index contributed by atoms with van der Waals surface area (Å²) in [5.74, 6) is -0.201. The minimum Gasteiger partial charge on any atom is -0.381 e. The molecule has 0 bridgehead atoms. The third kappa shape index (κ3) is 5.28. The van der Waals surface area contributed by atoms with E-state index in [0.717, 1.165) is 13.0 Å². The molecule has 1 nitrogen and oxygen atoms in total. The van der Waals surface area contributed by atoms with E-state index in [1.165, 1.54) is 0 Å². The summed E-state index contributed by atoms with van der Waals surface area (Å²) in [6.07, 6.45) is -1.04. The van der Waals surface area contributed by atoms with Gasteiger partial charge in [0, 0.05) is 13.2 Å². The maximum atomic E-state index is 12.4. The van der Waals surface area contributed by atoms with Crippen molar-refractivity contribution in [2.75, 3.05) is 13.2 Å². The number of rotatable bonds is 5. The highest BCUT2D eigenvalue weighted by Gasteiger charge is 2.41. The van der Waals surface area contributed by atoms with Crippen LogP contribution in [0.3, 0.4) is 0 Å². The Morgan fingerprint density at radius 2 is 1.76 bits per heavy atom. The van der Waals surface area contributed by atoms with Crippen LogP contribution in [-0.2, 0) is 4.74 Å². The maximum absolute atomic E-state index is 12.4. The molecule has 1 aliphatic carbocycles. The van der Waals surface area contributed by atoms with Gasteiger partial charge in [-0.1, -0.05) is 20.3 Å². The molecule has 0 aliphatic heterocycles. The summed E-state index contributed by atoms with van der Waals surface area (Å²) in [6.45, 7) is 5.60. The van der Waals surface area contributed by atoms with E-state index >= 15 is 0 Å². The predicted molar refractivity (Wildman–Crippen MR) is 61.8 cm³/mol. The monoisotopic (exact) mass is 252 g/mol. The van der Waals surface area contributed by atoms with Crippen LogP contribution < -0.4 is 0 Å². The highest BCUT2D eigenvalue weighted by atomic mass is 19.4. The van der Waals surface area contributed by atoms with E-state index in [1.807, 2.05) is 0 Å². The Hall–Kier alpha value is -0.250. The minimum absolute atomic E-state index is 0.279. The average molecular weight is 252 g/mol. The molecule has 1 atom stereocenters. The lowest BCUT2D eigenvalue weighted by Gasteiger charge is -2.29. The van der Waals surface area contributed by atoms with Crippen LogP contribution >= 0.6 is 0 Å². The van der Waals surface area contributed by atoms with Crippen LogP contribution in [0.5, 0.6) is 0 Å². The van der Waals surface area contributed by atoms with Crippen molar-refractivity contribution in [3.8, 4) is 0 Å². The molecule has 4 heteroatoms. The van der Waals surface area contributed by atoms with E-state index in [4.69, 9.17) is 4.74 Å². The van der Waals surface area contributed by atoms with Crippen molar-refractivity contribution in [2.24, 2.45) is 17.8 Å². The Bertz CT molecular complexity index is 207. The molecule has 0 aromatic rings. The Kier molecular flexibility index (Phi) is 5.77. The second-order valence-corrected chi connectivity index (χ2v) is 5.31. The second kappa shape index (κ2) is 6.62. The third-order valence-electron chi connectivity index (χ3n) is 3.76. The topological polar surface area (TPSA) is 9.23 Å². The molecule has 1 rings (SSSR count).